The summed E-state index contributed by atoms with van der Waals surface area (Å²) >= 11 is 2.07. The van der Waals surface area contributed by atoms with Gasteiger partial charge in [-0.3, -0.25) is 4.68 Å². The first-order valence-electron chi connectivity index (χ1n) is 6.05. The number of nitrogens with one attached hydrogen (secondary N) is 1. The van der Waals surface area contributed by atoms with E-state index < -0.39 is 0 Å². The molecule has 0 spiro atoms. The van der Waals surface area contributed by atoms with Crippen LogP contribution in [0.2, 0.25) is 0 Å². The van der Waals surface area contributed by atoms with Gasteiger partial charge in [0, 0.05) is 42.4 Å². The third kappa shape index (κ3) is 2.80. The van der Waals surface area contributed by atoms with Crippen LogP contribution >= 0.6 is 11.8 Å². The zero-order valence-corrected chi connectivity index (χ0v) is 11.2. The first kappa shape index (κ1) is 12.0. The van der Waals surface area contributed by atoms with Crippen molar-refractivity contribution in [3.8, 4) is 0 Å². The van der Waals surface area contributed by atoms with Gasteiger partial charge in [0.15, 0.2) is 0 Å². The highest BCUT2D eigenvalue weighted by Gasteiger charge is 2.21. The van der Waals surface area contributed by atoms with Crippen molar-refractivity contribution in [1.82, 2.24) is 15.1 Å². The minimum absolute atomic E-state index is 0.685. The summed E-state index contributed by atoms with van der Waals surface area (Å²) in [6.07, 6.45) is 4.46. The molecule has 1 aliphatic rings. The van der Waals surface area contributed by atoms with Crippen molar-refractivity contribution in [3.63, 3.8) is 0 Å². The number of thioether (sulfide) groups is 1. The Morgan fingerprint density at radius 3 is 3.06 bits per heavy atom. The third-order valence-electron chi connectivity index (χ3n) is 3.11. The summed E-state index contributed by atoms with van der Waals surface area (Å²) in [7, 11) is 2.00. The number of hydrogen-bond acceptors (Lipinski definition) is 3. The fourth-order valence-electron chi connectivity index (χ4n) is 2.24. The van der Waals surface area contributed by atoms with Crippen LogP contribution in [0.5, 0.6) is 0 Å². The first-order chi connectivity index (χ1) is 7.69. The lowest BCUT2D eigenvalue weighted by molar-refractivity contribution is 0.537. The monoisotopic (exact) mass is 239 g/mol. The van der Waals surface area contributed by atoms with Crippen molar-refractivity contribution in [3.05, 3.63) is 17.5 Å². The number of aryl methyl sites for hydroxylation is 2. The molecule has 1 fully saturated rings. The molecule has 4 heteroatoms. The van der Waals surface area contributed by atoms with Crippen LogP contribution in [0.25, 0.3) is 0 Å². The van der Waals surface area contributed by atoms with E-state index in [1.54, 1.807) is 0 Å². The Bertz CT molecular complexity index is 348. The van der Waals surface area contributed by atoms with Gasteiger partial charge in [0.05, 0.1) is 5.69 Å². The number of nitrogens with zero attached hydrogens (tertiary/aromatic N) is 2. The standard InChI is InChI=1S/C12H21N3S/c1-4-12-10(7-15(3)14-12)6-13-11-5-9(2)16-8-11/h7,9,11,13H,4-6,8H2,1-3H3. The van der Waals surface area contributed by atoms with Gasteiger partial charge in [-0.2, -0.15) is 16.9 Å². The second kappa shape index (κ2) is 5.23. The van der Waals surface area contributed by atoms with E-state index in [2.05, 4.69) is 42.2 Å². The van der Waals surface area contributed by atoms with E-state index in [-0.39, 0.29) is 0 Å². The lowest BCUT2D eigenvalue weighted by atomic mass is 10.1. The van der Waals surface area contributed by atoms with Gasteiger partial charge >= 0.3 is 0 Å². The topological polar surface area (TPSA) is 29.9 Å². The summed E-state index contributed by atoms with van der Waals surface area (Å²) in [5, 5.41) is 8.92. The molecule has 0 amide bonds. The molecule has 1 N–H and O–H groups in total. The third-order valence-corrected chi connectivity index (χ3v) is 4.46. The average molecular weight is 239 g/mol. The first-order valence-corrected chi connectivity index (χ1v) is 7.10. The zero-order valence-electron chi connectivity index (χ0n) is 10.4. The highest BCUT2D eigenvalue weighted by atomic mass is 32.2. The Kier molecular flexibility index (Phi) is 3.92. The average Bonchev–Trinajstić information content (AvgIpc) is 2.81. The predicted octanol–water partition coefficient (Wildman–Crippen LogP) is 1.97. The number of rotatable bonds is 4. The van der Waals surface area contributed by atoms with Crippen molar-refractivity contribution in [2.24, 2.45) is 7.05 Å². The summed E-state index contributed by atoms with van der Waals surface area (Å²) in [5.74, 6) is 1.25. The minimum atomic E-state index is 0.685. The van der Waals surface area contributed by atoms with Crippen LogP contribution in [0.15, 0.2) is 6.20 Å². The summed E-state index contributed by atoms with van der Waals surface area (Å²) in [5.41, 5.74) is 2.59. The molecule has 3 nitrogen and oxygen atoms in total. The molecule has 0 radical (unpaired) electrons. The minimum Gasteiger partial charge on any atom is -0.309 e. The van der Waals surface area contributed by atoms with E-state index >= 15 is 0 Å². The predicted molar refractivity (Wildman–Crippen MR) is 69.8 cm³/mol. The maximum absolute atomic E-state index is 4.46. The van der Waals surface area contributed by atoms with Crippen molar-refractivity contribution >= 4 is 11.8 Å². The van der Waals surface area contributed by atoms with Crippen LogP contribution in [-0.2, 0) is 20.0 Å². The molecule has 0 aromatic carbocycles. The summed E-state index contributed by atoms with van der Waals surface area (Å²) < 4.78 is 1.92. The molecule has 0 saturated carbocycles. The molecule has 2 heterocycles. The maximum Gasteiger partial charge on any atom is 0.0666 e. The van der Waals surface area contributed by atoms with E-state index in [0.717, 1.165) is 18.2 Å². The van der Waals surface area contributed by atoms with E-state index in [9.17, 15) is 0 Å². The van der Waals surface area contributed by atoms with E-state index in [1.807, 2.05) is 11.7 Å². The summed E-state index contributed by atoms with van der Waals surface area (Å²) in [4.78, 5) is 0. The fourth-order valence-corrected chi connectivity index (χ4v) is 3.43. The molecule has 90 valence electrons. The van der Waals surface area contributed by atoms with Gasteiger partial charge in [-0.15, -0.1) is 0 Å². The van der Waals surface area contributed by atoms with Crippen LogP contribution in [-0.4, -0.2) is 26.8 Å². The van der Waals surface area contributed by atoms with Crippen molar-refractivity contribution in [2.75, 3.05) is 5.75 Å². The maximum atomic E-state index is 4.46. The Morgan fingerprint density at radius 2 is 2.44 bits per heavy atom. The molecule has 16 heavy (non-hydrogen) atoms. The Balaban J connectivity index is 1.89. The largest absolute Gasteiger partial charge is 0.309 e. The fraction of sp³-hybridized carbons (Fsp3) is 0.750. The highest BCUT2D eigenvalue weighted by molar-refractivity contribution is 8.00. The molecule has 0 aliphatic carbocycles. The molecule has 2 atom stereocenters. The molecular weight excluding hydrogens is 218 g/mol. The van der Waals surface area contributed by atoms with E-state index in [1.165, 1.54) is 23.4 Å². The summed E-state index contributed by atoms with van der Waals surface area (Å²) in [6, 6.07) is 0.685. The van der Waals surface area contributed by atoms with Crippen LogP contribution < -0.4 is 5.32 Å². The van der Waals surface area contributed by atoms with Crippen LogP contribution in [0.4, 0.5) is 0 Å². The van der Waals surface area contributed by atoms with Crippen LogP contribution in [0.3, 0.4) is 0 Å². The zero-order chi connectivity index (χ0) is 11.5. The normalized spacial score (nSPS) is 25.2. The van der Waals surface area contributed by atoms with Gasteiger partial charge in [-0.05, 0) is 12.8 Å². The molecule has 2 rings (SSSR count). The van der Waals surface area contributed by atoms with Crippen LogP contribution in [0, 0.1) is 0 Å². The van der Waals surface area contributed by atoms with Gasteiger partial charge in [-0.25, -0.2) is 0 Å². The second-order valence-electron chi connectivity index (χ2n) is 4.59. The lowest BCUT2D eigenvalue weighted by Gasteiger charge is -2.10. The van der Waals surface area contributed by atoms with Gasteiger partial charge in [0.25, 0.3) is 0 Å². The van der Waals surface area contributed by atoms with Crippen molar-refractivity contribution in [1.29, 1.82) is 0 Å². The highest BCUT2D eigenvalue weighted by Crippen LogP contribution is 2.26. The Morgan fingerprint density at radius 1 is 1.62 bits per heavy atom. The Labute approximate surface area is 102 Å². The van der Waals surface area contributed by atoms with Crippen LogP contribution in [0.1, 0.15) is 31.5 Å². The van der Waals surface area contributed by atoms with Gasteiger partial charge < -0.3 is 5.32 Å². The molecule has 1 saturated heterocycles. The quantitative estimate of drug-likeness (QED) is 0.871. The van der Waals surface area contributed by atoms with Gasteiger partial charge in [0.1, 0.15) is 0 Å². The van der Waals surface area contributed by atoms with Crippen molar-refractivity contribution < 1.29 is 0 Å². The Hall–Kier alpha value is -0.480. The molecule has 0 bridgehead atoms. The summed E-state index contributed by atoms with van der Waals surface area (Å²) in [6.45, 7) is 5.45. The van der Waals surface area contributed by atoms with Gasteiger partial charge in [0.2, 0.25) is 0 Å². The molecule has 1 aromatic rings. The smallest absolute Gasteiger partial charge is 0.0666 e. The van der Waals surface area contributed by atoms with E-state index in [4.69, 9.17) is 0 Å². The van der Waals surface area contributed by atoms with Crippen molar-refractivity contribution in [2.45, 2.75) is 44.5 Å². The number of hydrogen-bond donors (Lipinski definition) is 1. The lowest BCUT2D eigenvalue weighted by Crippen LogP contribution is -2.28. The SMILES string of the molecule is CCc1nn(C)cc1CNC1CSC(C)C1. The molecule has 1 aliphatic heterocycles. The molecule has 2 unspecified atom stereocenters. The van der Waals surface area contributed by atoms with E-state index in [0.29, 0.717) is 6.04 Å². The molecule has 1 aromatic heterocycles. The van der Waals surface area contributed by atoms with Gasteiger partial charge in [-0.1, -0.05) is 13.8 Å². The second-order valence-corrected chi connectivity index (χ2v) is 6.06. The number of aromatic nitrogens is 2. The molecular formula is C12H21N3S.